The summed E-state index contributed by atoms with van der Waals surface area (Å²) in [5.74, 6) is -0.197. The van der Waals surface area contributed by atoms with Crippen molar-refractivity contribution in [1.29, 1.82) is 0 Å². The van der Waals surface area contributed by atoms with Gasteiger partial charge in [-0.25, -0.2) is 0 Å². The molecule has 2 aromatic rings. The molecule has 2 N–H and O–H groups in total. The van der Waals surface area contributed by atoms with E-state index in [1.807, 2.05) is 30.5 Å². The first kappa shape index (κ1) is 19.1. The maximum Gasteiger partial charge on any atom is 0.305 e. The van der Waals surface area contributed by atoms with Crippen molar-refractivity contribution in [2.45, 2.75) is 23.8 Å². The van der Waals surface area contributed by atoms with Crippen LogP contribution in [0.1, 0.15) is 34.8 Å². The number of carbonyl (C=O) groups excluding carboxylic acids is 1. The van der Waals surface area contributed by atoms with Gasteiger partial charge in [-0.3, -0.25) is 9.59 Å². The van der Waals surface area contributed by atoms with Crippen molar-refractivity contribution >= 4 is 23.6 Å². The molecule has 142 valence electrons. The van der Waals surface area contributed by atoms with Crippen molar-refractivity contribution in [1.82, 2.24) is 5.32 Å². The number of hydrogen-bond acceptors (Lipinski definition) is 5. The number of hydrogen-bond donors (Lipinski definition) is 2. The summed E-state index contributed by atoms with van der Waals surface area (Å²) in [4.78, 5) is 25.0. The number of benzene rings is 2. The standard InChI is InChI=1S/C20H21NO5S/c1-27-15-6-3-13(4-7-15)16(12-19(22)23)21-20(24)14-5-8-17-18(11-14)26-10-2-9-25-17/h3-8,11,16H,2,9-10,12H2,1H3,(H,21,24)(H,22,23). The van der Waals surface area contributed by atoms with Gasteiger partial charge < -0.3 is 19.9 Å². The van der Waals surface area contributed by atoms with Gasteiger partial charge in [-0.2, -0.15) is 0 Å². The normalized spacial score (nSPS) is 14.1. The highest BCUT2D eigenvalue weighted by molar-refractivity contribution is 7.98. The van der Waals surface area contributed by atoms with Gasteiger partial charge in [-0.05, 0) is 42.2 Å². The summed E-state index contributed by atoms with van der Waals surface area (Å²) in [6, 6.07) is 11.9. The molecular formula is C20H21NO5S. The average Bonchev–Trinajstić information content (AvgIpc) is 2.92. The fraction of sp³-hybridized carbons (Fsp3) is 0.300. The number of carboxylic acids is 1. The minimum Gasteiger partial charge on any atom is -0.490 e. The largest absolute Gasteiger partial charge is 0.490 e. The predicted octanol–water partition coefficient (Wildman–Crippen LogP) is 3.52. The Balaban J connectivity index is 1.79. The van der Waals surface area contributed by atoms with Crippen LogP contribution in [0.15, 0.2) is 47.4 Å². The monoisotopic (exact) mass is 387 g/mol. The lowest BCUT2D eigenvalue weighted by Gasteiger charge is -2.18. The van der Waals surface area contributed by atoms with Gasteiger partial charge in [0.25, 0.3) is 5.91 Å². The van der Waals surface area contributed by atoms with Gasteiger partial charge in [0.1, 0.15) is 0 Å². The van der Waals surface area contributed by atoms with E-state index in [0.717, 1.165) is 16.9 Å². The molecule has 3 rings (SSSR count). The van der Waals surface area contributed by atoms with Crippen molar-refractivity contribution in [3.05, 3.63) is 53.6 Å². The highest BCUT2D eigenvalue weighted by Crippen LogP contribution is 2.31. The lowest BCUT2D eigenvalue weighted by Crippen LogP contribution is -2.30. The number of amides is 1. The molecule has 0 saturated heterocycles. The van der Waals surface area contributed by atoms with Crippen LogP contribution in [0.3, 0.4) is 0 Å². The number of aliphatic carboxylic acids is 1. The summed E-state index contributed by atoms with van der Waals surface area (Å²) in [6.07, 6.45) is 2.55. The Morgan fingerprint density at radius 1 is 1.11 bits per heavy atom. The molecule has 7 heteroatoms. The number of fused-ring (bicyclic) bond motifs is 1. The van der Waals surface area contributed by atoms with Crippen LogP contribution in [0.5, 0.6) is 11.5 Å². The molecule has 0 aliphatic carbocycles. The van der Waals surface area contributed by atoms with E-state index in [-0.39, 0.29) is 12.3 Å². The van der Waals surface area contributed by atoms with Crippen LogP contribution in [0.4, 0.5) is 0 Å². The molecule has 1 aliphatic heterocycles. The van der Waals surface area contributed by atoms with Crippen molar-refractivity contribution in [3.8, 4) is 11.5 Å². The van der Waals surface area contributed by atoms with E-state index in [9.17, 15) is 14.7 Å². The molecule has 0 fully saturated rings. The van der Waals surface area contributed by atoms with Crippen LogP contribution < -0.4 is 14.8 Å². The van der Waals surface area contributed by atoms with E-state index < -0.39 is 12.0 Å². The average molecular weight is 387 g/mol. The first-order valence-corrected chi connectivity index (χ1v) is 9.85. The molecule has 2 aromatic carbocycles. The highest BCUT2D eigenvalue weighted by Gasteiger charge is 2.20. The van der Waals surface area contributed by atoms with Gasteiger partial charge in [0.15, 0.2) is 11.5 Å². The maximum absolute atomic E-state index is 12.7. The Morgan fingerprint density at radius 2 is 1.81 bits per heavy atom. The first-order valence-electron chi connectivity index (χ1n) is 8.63. The van der Waals surface area contributed by atoms with Crippen molar-refractivity contribution < 1.29 is 24.2 Å². The lowest BCUT2D eigenvalue weighted by atomic mass is 10.0. The Hall–Kier alpha value is -2.67. The number of ether oxygens (including phenoxy) is 2. The second kappa shape index (κ2) is 8.81. The second-order valence-corrected chi connectivity index (χ2v) is 6.99. The third-order valence-corrected chi connectivity index (χ3v) is 4.96. The van der Waals surface area contributed by atoms with E-state index in [2.05, 4.69) is 5.32 Å². The number of carbonyl (C=O) groups is 2. The van der Waals surface area contributed by atoms with Gasteiger partial charge in [-0.1, -0.05) is 12.1 Å². The van der Waals surface area contributed by atoms with Crippen molar-refractivity contribution in [3.63, 3.8) is 0 Å². The van der Waals surface area contributed by atoms with Crippen molar-refractivity contribution in [2.75, 3.05) is 19.5 Å². The maximum atomic E-state index is 12.7. The van der Waals surface area contributed by atoms with Crippen LogP contribution in [-0.2, 0) is 4.79 Å². The van der Waals surface area contributed by atoms with Crippen LogP contribution in [0.2, 0.25) is 0 Å². The smallest absolute Gasteiger partial charge is 0.305 e. The third-order valence-electron chi connectivity index (χ3n) is 4.21. The number of rotatable bonds is 6. The molecule has 1 unspecified atom stereocenters. The molecule has 0 radical (unpaired) electrons. The van der Waals surface area contributed by atoms with E-state index in [1.54, 1.807) is 30.0 Å². The summed E-state index contributed by atoms with van der Waals surface area (Å²) >= 11 is 1.60. The Bertz CT molecular complexity index is 822. The van der Waals surface area contributed by atoms with Crippen LogP contribution >= 0.6 is 11.8 Å². The molecule has 1 atom stereocenters. The molecule has 0 spiro atoms. The summed E-state index contributed by atoms with van der Waals surface area (Å²) < 4.78 is 11.2. The third kappa shape index (κ3) is 4.95. The van der Waals surface area contributed by atoms with Gasteiger partial charge in [0.2, 0.25) is 0 Å². The number of carboxylic acid groups (broad SMARTS) is 1. The zero-order valence-corrected chi connectivity index (χ0v) is 15.8. The molecule has 0 saturated carbocycles. The van der Waals surface area contributed by atoms with Crippen LogP contribution in [0.25, 0.3) is 0 Å². The molecule has 0 bridgehead atoms. The molecule has 1 heterocycles. The fourth-order valence-electron chi connectivity index (χ4n) is 2.81. The van der Waals surface area contributed by atoms with Crippen molar-refractivity contribution in [2.24, 2.45) is 0 Å². The Kier molecular flexibility index (Phi) is 6.24. The molecule has 1 amide bonds. The summed E-state index contributed by atoms with van der Waals surface area (Å²) in [5.41, 5.74) is 1.15. The van der Waals surface area contributed by atoms with Gasteiger partial charge in [0.05, 0.1) is 25.7 Å². The molecule has 1 aliphatic rings. The number of thioether (sulfide) groups is 1. The van der Waals surface area contributed by atoms with Gasteiger partial charge >= 0.3 is 5.97 Å². The minimum atomic E-state index is -0.979. The lowest BCUT2D eigenvalue weighted by molar-refractivity contribution is -0.137. The molecule has 27 heavy (non-hydrogen) atoms. The fourth-order valence-corrected chi connectivity index (χ4v) is 3.22. The van der Waals surface area contributed by atoms with Gasteiger partial charge in [0, 0.05) is 16.9 Å². The number of nitrogens with one attached hydrogen (secondary N) is 1. The molecular weight excluding hydrogens is 366 g/mol. The Labute approximate surface area is 161 Å². The van der Waals surface area contributed by atoms with E-state index in [4.69, 9.17) is 9.47 Å². The van der Waals surface area contributed by atoms with E-state index in [1.165, 1.54) is 0 Å². The van der Waals surface area contributed by atoms with Gasteiger partial charge in [-0.15, -0.1) is 11.8 Å². The zero-order chi connectivity index (χ0) is 19.2. The topological polar surface area (TPSA) is 84.9 Å². The quantitative estimate of drug-likeness (QED) is 0.738. The van der Waals surface area contributed by atoms with E-state index >= 15 is 0 Å². The predicted molar refractivity (Wildman–Crippen MR) is 103 cm³/mol. The SMILES string of the molecule is CSc1ccc(C(CC(=O)O)NC(=O)c2ccc3c(c2)OCCCO3)cc1. The highest BCUT2D eigenvalue weighted by atomic mass is 32.2. The summed E-state index contributed by atoms with van der Waals surface area (Å²) in [7, 11) is 0. The molecule has 6 nitrogen and oxygen atoms in total. The molecule has 0 aromatic heterocycles. The van der Waals surface area contributed by atoms with E-state index in [0.29, 0.717) is 30.3 Å². The first-order chi connectivity index (χ1) is 13.1. The summed E-state index contributed by atoms with van der Waals surface area (Å²) in [6.45, 7) is 1.10. The van der Waals surface area contributed by atoms with Crippen LogP contribution in [-0.4, -0.2) is 36.5 Å². The summed E-state index contributed by atoms with van der Waals surface area (Å²) in [5, 5.41) is 12.0. The minimum absolute atomic E-state index is 0.199. The van der Waals surface area contributed by atoms with Crippen LogP contribution in [0, 0.1) is 0 Å². The zero-order valence-electron chi connectivity index (χ0n) is 14.9. The second-order valence-electron chi connectivity index (χ2n) is 6.11. The Morgan fingerprint density at radius 3 is 2.48 bits per heavy atom.